The van der Waals surface area contributed by atoms with E-state index >= 15 is 0 Å². The summed E-state index contributed by atoms with van der Waals surface area (Å²) in [6, 6.07) is 1.53. The molecule has 24 heavy (non-hydrogen) atoms. The molecule has 0 saturated carbocycles. The molecule has 2 N–H and O–H groups in total. The lowest BCUT2D eigenvalue weighted by Gasteiger charge is -2.25. The fourth-order valence-corrected chi connectivity index (χ4v) is 2.96. The maximum atomic E-state index is 11.9. The number of nitrogens with one attached hydrogen (secondary N) is 2. The first kappa shape index (κ1) is 16.6. The van der Waals surface area contributed by atoms with Gasteiger partial charge in [0, 0.05) is 25.0 Å². The van der Waals surface area contributed by atoms with E-state index in [0.29, 0.717) is 10.7 Å². The normalized spacial score (nSPS) is 15.2. The smallest absolute Gasteiger partial charge is 0.254 e. The Kier molecular flexibility index (Phi) is 5.57. The molecule has 0 aliphatic carbocycles. The second-order valence-corrected chi connectivity index (χ2v) is 6.13. The summed E-state index contributed by atoms with van der Waals surface area (Å²) in [4.78, 5) is 30.2. The maximum Gasteiger partial charge on any atom is 0.254 e. The molecule has 0 bridgehead atoms. The molecule has 1 aliphatic rings. The van der Waals surface area contributed by atoms with Gasteiger partial charge >= 0.3 is 0 Å². The number of ether oxygens (including phenoxy) is 1. The Morgan fingerprint density at radius 1 is 1.33 bits per heavy atom. The van der Waals surface area contributed by atoms with E-state index in [0.717, 1.165) is 38.5 Å². The van der Waals surface area contributed by atoms with Crippen molar-refractivity contribution in [1.82, 2.24) is 15.2 Å². The molecule has 1 fully saturated rings. The lowest BCUT2D eigenvalue weighted by molar-refractivity contribution is -0.115. The third-order valence-electron chi connectivity index (χ3n) is 3.48. The third-order valence-corrected chi connectivity index (χ3v) is 4.29. The summed E-state index contributed by atoms with van der Waals surface area (Å²) in [6.45, 7) is 3.88. The summed E-state index contributed by atoms with van der Waals surface area (Å²) in [7, 11) is 0. The minimum atomic E-state index is -0.356. The molecule has 0 aromatic carbocycles. The Hall–Kier alpha value is -2.23. The number of aromatic nitrogens is 1. The van der Waals surface area contributed by atoms with Crippen LogP contribution in [0.2, 0.25) is 0 Å². The molecule has 3 heterocycles. The fourth-order valence-electron chi connectivity index (χ4n) is 2.25. The van der Waals surface area contributed by atoms with Crippen LogP contribution in [0.15, 0.2) is 28.4 Å². The fraction of sp³-hybridized carbons (Fsp3) is 0.400. The first-order valence-corrected chi connectivity index (χ1v) is 8.43. The summed E-state index contributed by atoms with van der Waals surface area (Å²) >= 11 is 1.37. The number of morpholine rings is 1. The van der Waals surface area contributed by atoms with Gasteiger partial charge in [0.15, 0.2) is 5.13 Å². The van der Waals surface area contributed by atoms with E-state index in [1.54, 1.807) is 0 Å². The van der Waals surface area contributed by atoms with Crippen molar-refractivity contribution < 1.29 is 18.7 Å². The van der Waals surface area contributed by atoms with Gasteiger partial charge in [0.25, 0.3) is 5.91 Å². The number of anilines is 1. The maximum absolute atomic E-state index is 11.9. The van der Waals surface area contributed by atoms with Gasteiger partial charge in [0.05, 0.1) is 37.3 Å². The lowest BCUT2D eigenvalue weighted by Crippen LogP contribution is -2.35. The molecule has 1 saturated heterocycles. The minimum absolute atomic E-state index is 0.123. The lowest BCUT2D eigenvalue weighted by atomic mass is 10.3. The van der Waals surface area contributed by atoms with Gasteiger partial charge in [0.2, 0.25) is 5.91 Å². The van der Waals surface area contributed by atoms with E-state index in [1.165, 1.54) is 29.9 Å². The van der Waals surface area contributed by atoms with E-state index in [1.807, 2.05) is 5.38 Å². The highest BCUT2D eigenvalue weighted by Gasteiger charge is 2.14. The van der Waals surface area contributed by atoms with Crippen LogP contribution in [-0.2, 0) is 16.1 Å². The third kappa shape index (κ3) is 4.63. The Morgan fingerprint density at radius 3 is 2.92 bits per heavy atom. The molecule has 128 valence electrons. The zero-order valence-corrected chi connectivity index (χ0v) is 13.8. The van der Waals surface area contributed by atoms with Crippen LogP contribution in [-0.4, -0.2) is 54.5 Å². The van der Waals surface area contributed by atoms with Crippen LogP contribution in [0, 0.1) is 0 Å². The minimum Gasteiger partial charge on any atom is -0.472 e. The molecule has 2 aromatic rings. The summed E-state index contributed by atoms with van der Waals surface area (Å²) in [5, 5.41) is 7.66. The molecule has 3 rings (SSSR count). The van der Waals surface area contributed by atoms with E-state index in [2.05, 4.69) is 20.5 Å². The van der Waals surface area contributed by atoms with Gasteiger partial charge in [-0.15, -0.1) is 11.3 Å². The zero-order chi connectivity index (χ0) is 16.8. The Bertz CT molecular complexity index is 679. The van der Waals surface area contributed by atoms with E-state index in [4.69, 9.17) is 9.15 Å². The van der Waals surface area contributed by atoms with E-state index in [9.17, 15) is 9.59 Å². The van der Waals surface area contributed by atoms with Crippen molar-refractivity contribution in [3.8, 4) is 0 Å². The van der Waals surface area contributed by atoms with Crippen LogP contribution in [0.5, 0.6) is 0 Å². The zero-order valence-electron chi connectivity index (χ0n) is 13.0. The molecule has 1 aliphatic heterocycles. The van der Waals surface area contributed by atoms with Gasteiger partial charge < -0.3 is 19.8 Å². The number of carbonyl (C=O) groups excluding carboxylic acids is 2. The average Bonchev–Trinajstić information content (AvgIpc) is 3.26. The van der Waals surface area contributed by atoms with Crippen molar-refractivity contribution in [1.29, 1.82) is 0 Å². The Balaban J connectivity index is 1.43. The SMILES string of the molecule is O=C(CNC(=O)c1ccoc1)Nc1nc(CN2CCOCC2)cs1. The number of carbonyl (C=O) groups is 2. The molecular weight excluding hydrogens is 332 g/mol. The molecule has 9 heteroatoms. The average molecular weight is 350 g/mol. The Labute approximate surface area is 142 Å². The van der Waals surface area contributed by atoms with E-state index < -0.39 is 0 Å². The van der Waals surface area contributed by atoms with Crippen molar-refractivity contribution in [2.75, 3.05) is 38.2 Å². The van der Waals surface area contributed by atoms with Crippen molar-refractivity contribution in [3.63, 3.8) is 0 Å². The molecule has 0 radical (unpaired) electrons. The number of nitrogens with zero attached hydrogens (tertiary/aromatic N) is 2. The first-order valence-electron chi connectivity index (χ1n) is 7.55. The van der Waals surface area contributed by atoms with Crippen LogP contribution in [0.4, 0.5) is 5.13 Å². The number of hydrogen-bond donors (Lipinski definition) is 2. The van der Waals surface area contributed by atoms with Crippen LogP contribution < -0.4 is 10.6 Å². The molecule has 8 nitrogen and oxygen atoms in total. The summed E-state index contributed by atoms with van der Waals surface area (Å²) < 4.78 is 10.1. The van der Waals surface area contributed by atoms with Crippen molar-refractivity contribution in [2.45, 2.75) is 6.54 Å². The number of amides is 2. The quantitative estimate of drug-likeness (QED) is 0.805. The standard InChI is InChI=1S/C15H18N4O4S/c20-13(7-16-14(21)11-1-4-23-9-11)18-15-17-12(10-24-15)8-19-2-5-22-6-3-19/h1,4,9-10H,2-3,5-8H2,(H,16,21)(H,17,18,20). The van der Waals surface area contributed by atoms with Gasteiger partial charge in [-0.3, -0.25) is 14.5 Å². The van der Waals surface area contributed by atoms with Gasteiger partial charge in [-0.2, -0.15) is 0 Å². The van der Waals surface area contributed by atoms with Crippen LogP contribution in [0.3, 0.4) is 0 Å². The topological polar surface area (TPSA) is 96.7 Å². The van der Waals surface area contributed by atoms with Gasteiger partial charge in [0.1, 0.15) is 6.26 Å². The summed E-state index contributed by atoms with van der Waals surface area (Å²) in [6.07, 6.45) is 2.73. The van der Waals surface area contributed by atoms with Gasteiger partial charge in [-0.25, -0.2) is 4.98 Å². The van der Waals surface area contributed by atoms with Crippen molar-refractivity contribution in [3.05, 3.63) is 35.2 Å². The van der Waals surface area contributed by atoms with Crippen LogP contribution >= 0.6 is 11.3 Å². The highest BCUT2D eigenvalue weighted by Crippen LogP contribution is 2.17. The highest BCUT2D eigenvalue weighted by atomic mass is 32.1. The van der Waals surface area contributed by atoms with Crippen molar-refractivity contribution >= 4 is 28.3 Å². The Morgan fingerprint density at radius 2 is 2.17 bits per heavy atom. The predicted octanol–water partition coefficient (Wildman–Crippen LogP) is 0.937. The number of furan rings is 1. The van der Waals surface area contributed by atoms with Crippen molar-refractivity contribution in [2.24, 2.45) is 0 Å². The van der Waals surface area contributed by atoms with Crippen LogP contribution in [0.1, 0.15) is 16.1 Å². The molecule has 0 atom stereocenters. The first-order chi connectivity index (χ1) is 11.7. The molecule has 0 spiro atoms. The molecule has 0 unspecified atom stereocenters. The van der Waals surface area contributed by atoms with Crippen LogP contribution in [0.25, 0.3) is 0 Å². The molecule has 2 aromatic heterocycles. The largest absolute Gasteiger partial charge is 0.472 e. The number of rotatable bonds is 6. The number of thiazole rings is 1. The van der Waals surface area contributed by atoms with Gasteiger partial charge in [-0.1, -0.05) is 0 Å². The number of hydrogen-bond acceptors (Lipinski definition) is 7. The molecular formula is C15H18N4O4S. The summed E-state index contributed by atoms with van der Waals surface area (Å²) in [5.74, 6) is -0.676. The van der Waals surface area contributed by atoms with Gasteiger partial charge in [-0.05, 0) is 6.07 Å². The second-order valence-electron chi connectivity index (χ2n) is 5.28. The second kappa shape index (κ2) is 8.04. The van der Waals surface area contributed by atoms with E-state index in [-0.39, 0.29) is 18.4 Å². The molecule has 2 amide bonds. The highest BCUT2D eigenvalue weighted by molar-refractivity contribution is 7.13. The monoisotopic (exact) mass is 350 g/mol. The predicted molar refractivity (Wildman–Crippen MR) is 87.9 cm³/mol. The summed E-state index contributed by atoms with van der Waals surface area (Å²) in [5.41, 5.74) is 1.30.